The van der Waals surface area contributed by atoms with E-state index in [0.717, 1.165) is 11.3 Å². The predicted octanol–water partition coefficient (Wildman–Crippen LogP) is 1.51. The van der Waals surface area contributed by atoms with Crippen LogP contribution in [-0.4, -0.2) is 12.0 Å². The summed E-state index contributed by atoms with van der Waals surface area (Å²) in [6.45, 7) is 0. The number of aliphatic imine (C=N–C) groups is 1. The summed E-state index contributed by atoms with van der Waals surface area (Å²) in [6, 6.07) is 7.70. The second kappa shape index (κ2) is 2.31. The van der Waals surface area contributed by atoms with Gasteiger partial charge in [0, 0.05) is 6.42 Å². The second-order valence-electron chi connectivity index (χ2n) is 2.53. The van der Waals surface area contributed by atoms with Gasteiger partial charge in [-0.05, 0) is 11.6 Å². The molecule has 1 aliphatic rings. The number of nitrogens with zero attached hydrogens (tertiary/aromatic N) is 1. The van der Waals surface area contributed by atoms with Gasteiger partial charge in [-0.25, -0.2) is 0 Å². The van der Waals surface area contributed by atoms with E-state index in [4.69, 9.17) is 0 Å². The molecule has 1 aromatic rings. The van der Waals surface area contributed by atoms with Crippen molar-refractivity contribution in [3.8, 4) is 0 Å². The van der Waals surface area contributed by atoms with E-state index >= 15 is 0 Å². The molecule has 0 saturated heterocycles. The molecule has 0 unspecified atom stereocenters. The number of Topliss-reactive ketones (excluding diaryl/α,β-unsaturated/α-hetero) is 1. The summed E-state index contributed by atoms with van der Waals surface area (Å²) in [5, 5.41) is 0. The Bertz CT molecular complexity index is 328. The van der Waals surface area contributed by atoms with Crippen LogP contribution in [0, 0.1) is 0 Å². The zero-order valence-electron chi connectivity index (χ0n) is 5.95. The van der Waals surface area contributed by atoms with Crippen LogP contribution in [0.5, 0.6) is 0 Å². The number of carbonyl (C=O) groups excluding carboxylic acids is 1. The van der Waals surface area contributed by atoms with Crippen molar-refractivity contribution in [2.75, 3.05) is 0 Å². The predicted molar refractivity (Wildman–Crippen MR) is 43.3 cm³/mol. The minimum atomic E-state index is 0.0868. The van der Waals surface area contributed by atoms with Gasteiger partial charge < -0.3 is 0 Å². The number of para-hydroxylation sites is 1. The summed E-state index contributed by atoms with van der Waals surface area (Å²) < 4.78 is 0. The molecule has 0 aromatic heterocycles. The molecule has 0 spiro atoms. The Balaban J connectivity index is 2.54. The average Bonchev–Trinajstić information content (AvgIpc) is 2.04. The van der Waals surface area contributed by atoms with Crippen molar-refractivity contribution in [1.82, 2.24) is 0 Å². The van der Waals surface area contributed by atoms with Crippen molar-refractivity contribution in [2.45, 2.75) is 6.42 Å². The molecule has 0 fully saturated rings. The molecular weight excluding hydrogens is 138 g/mol. The Labute approximate surface area is 64.6 Å². The summed E-state index contributed by atoms with van der Waals surface area (Å²) in [5.74, 6) is 0.0868. The topological polar surface area (TPSA) is 29.4 Å². The molecule has 2 nitrogen and oxygen atoms in total. The molecule has 0 amide bonds. The lowest BCUT2D eigenvalue weighted by Gasteiger charge is -2.06. The maximum atomic E-state index is 10.9. The summed E-state index contributed by atoms with van der Waals surface area (Å²) in [6.07, 6.45) is 1.89. The van der Waals surface area contributed by atoms with Crippen LogP contribution in [0.3, 0.4) is 0 Å². The largest absolute Gasteiger partial charge is 0.293 e. The van der Waals surface area contributed by atoms with Gasteiger partial charge in [0.2, 0.25) is 0 Å². The molecule has 2 rings (SSSR count). The van der Waals surface area contributed by atoms with Gasteiger partial charge in [-0.2, -0.15) is 0 Å². The molecule has 11 heavy (non-hydrogen) atoms. The first kappa shape index (κ1) is 6.28. The smallest absolute Gasteiger partial charge is 0.178 e. The highest BCUT2D eigenvalue weighted by Gasteiger charge is 2.09. The van der Waals surface area contributed by atoms with Gasteiger partial charge in [0.15, 0.2) is 5.78 Å². The van der Waals surface area contributed by atoms with Crippen LogP contribution < -0.4 is 0 Å². The van der Waals surface area contributed by atoms with Crippen molar-refractivity contribution in [3.63, 3.8) is 0 Å². The quantitative estimate of drug-likeness (QED) is 0.544. The van der Waals surface area contributed by atoms with Crippen molar-refractivity contribution < 1.29 is 4.79 Å². The van der Waals surface area contributed by atoms with Crippen LogP contribution in [0.2, 0.25) is 0 Å². The van der Waals surface area contributed by atoms with Crippen molar-refractivity contribution >= 4 is 17.7 Å². The Hall–Kier alpha value is -1.44. The van der Waals surface area contributed by atoms with Crippen molar-refractivity contribution in [1.29, 1.82) is 0 Å². The van der Waals surface area contributed by atoms with Gasteiger partial charge in [0.25, 0.3) is 0 Å². The number of carbonyl (C=O) groups is 1. The van der Waals surface area contributed by atoms with Crippen LogP contribution in [0.25, 0.3) is 0 Å². The minimum Gasteiger partial charge on any atom is -0.293 e. The van der Waals surface area contributed by atoms with Gasteiger partial charge in [0.1, 0.15) is 0 Å². The number of hydrogen-bond acceptors (Lipinski definition) is 2. The maximum Gasteiger partial charge on any atom is 0.178 e. The molecule has 0 bridgehead atoms. The van der Waals surface area contributed by atoms with Crippen LogP contribution in [0.1, 0.15) is 5.56 Å². The fraction of sp³-hybridized carbons (Fsp3) is 0.111. The molecule has 1 heterocycles. The first-order valence-corrected chi connectivity index (χ1v) is 3.51. The van der Waals surface area contributed by atoms with E-state index in [2.05, 4.69) is 4.99 Å². The second-order valence-corrected chi connectivity index (χ2v) is 2.53. The lowest BCUT2D eigenvalue weighted by Crippen LogP contribution is -2.07. The fourth-order valence-electron chi connectivity index (χ4n) is 1.16. The highest BCUT2D eigenvalue weighted by atomic mass is 16.1. The third-order valence-corrected chi connectivity index (χ3v) is 1.70. The van der Waals surface area contributed by atoms with Crippen LogP contribution in [-0.2, 0) is 11.2 Å². The molecule has 54 valence electrons. The van der Waals surface area contributed by atoms with Crippen molar-refractivity contribution in [3.05, 3.63) is 29.8 Å². The van der Waals surface area contributed by atoms with E-state index < -0.39 is 0 Å². The first-order chi connectivity index (χ1) is 5.36. The summed E-state index contributed by atoms with van der Waals surface area (Å²) in [4.78, 5) is 14.9. The summed E-state index contributed by atoms with van der Waals surface area (Å²) in [7, 11) is 0. The van der Waals surface area contributed by atoms with E-state index in [1.54, 1.807) is 0 Å². The number of fused-ring (bicyclic) bond motifs is 1. The third-order valence-electron chi connectivity index (χ3n) is 1.70. The van der Waals surface area contributed by atoms with Gasteiger partial charge >= 0.3 is 0 Å². The Morgan fingerprint density at radius 2 is 2.09 bits per heavy atom. The maximum absolute atomic E-state index is 10.9. The van der Waals surface area contributed by atoms with Gasteiger partial charge in [0.05, 0.1) is 11.9 Å². The van der Waals surface area contributed by atoms with E-state index in [1.165, 1.54) is 6.21 Å². The number of ketones is 1. The lowest BCUT2D eigenvalue weighted by atomic mass is 10.1. The molecule has 0 aliphatic carbocycles. The van der Waals surface area contributed by atoms with Crippen LogP contribution >= 0.6 is 0 Å². The monoisotopic (exact) mass is 145 g/mol. The van der Waals surface area contributed by atoms with Crippen molar-refractivity contribution in [2.24, 2.45) is 4.99 Å². The summed E-state index contributed by atoms with van der Waals surface area (Å²) >= 11 is 0. The Morgan fingerprint density at radius 3 is 3.00 bits per heavy atom. The number of benzene rings is 1. The van der Waals surface area contributed by atoms with E-state index in [9.17, 15) is 4.79 Å². The first-order valence-electron chi connectivity index (χ1n) is 3.51. The average molecular weight is 145 g/mol. The molecule has 0 saturated carbocycles. The highest BCUT2D eigenvalue weighted by Crippen LogP contribution is 2.21. The SMILES string of the molecule is O=C1C=Nc2ccccc2C1. The molecule has 0 atom stereocenters. The molecule has 0 radical (unpaired) electrons. The molecular formula is C9H7NO. The molecule has 1 aliphatic heterocycles. The lowest BCUT2D eigenvalue weighted by molar-refractivity contribution is -0.112. The molecule has 1 aromatic carbocycles. The highest BCUT2D eigenvalue weighted by molar-refractivity contribution is 6.29. The Kier molecular flexibility index (Phi) is 1.32. The molecule has 2 heteroatoms. The number of hydrogen-bond donors (Lipinski definition) is 0. The standard InChI is InChI=1S/C9H7NO/c11-8-5-7-3-1-2-4-9(7)10-6-8/h1-4,6H,5H2. The van der Waals surface area contributed by atoms with E-state index in [1.807, 2.05) is 24.3 Å². The van der Waals surface area contributed by atoms with E-state index in [0.29, 0.717) is 6.42 Å². The zero-order valence-corrected chi connectivity index (χ0v) is 5.95. The third kappa shape index (κ3) is 1.07. The number of rotatable bonds is 0. The van der Waals surface area contributed by atoms with Crippen LogP contribution in [0.4, 0.5) is 5.69 Å². The Morgan fingerprint density at radius 1 is 1.27 bits per heavy atom. The normalized spacial score (nSPS) is 14.7. The minimum absolute atomic E-state index is 0.0868. The van der Waals surface area contributed by atoms with Gasteiger partial charge in [-0.1, -0.05) is 18.2 Å². The van der Waals surface area contributed by atoms with E-state index in [-0.39, 0.29) is 5.78 Å². The zero-order chi connectivity index (χ0) is 7.68. The fourth-order valence-corrected chi connectivity index (χ4v) is 1.16. The summed E-state index contributed by atoms with van der Waals surface area (Å²) in [5.41, 5.74) is 1.95. The van der Waals surface area contributed by atoms with Gasteiger partial charge in [-0.3, -0.25) is 9.79 Å². The van der Waals surface area contributed by atoms with Gasteiger partial charge in [-0.15, -0.1) is 0 Å². The van der Waals surface area contributed by atoms with Crippen LogP contribution in [0.15, 0.2) is 29.3 Å². The molecule has 0 N–H and O–H groups in total.